The van der Waals surface area contributed by atoms with E-state index in [0.717, 1.165) is 17.4 Å². The maximum atomic E-state index is 10.7. The third kappa shape index (κ3) is 16.2. The van der Waals surface area contributed by atoms with Gasteiger partial charge >= 0.3 is 29.6 Å². The monoisotopic (exact) mass is 489 g/mol. The van der Waals surface area contributed by atoms with Gasteiger partial charge in [-0.15, -0.1) is 9.18 Å². The minimum Gasteiger partial charge on any atom is -0.744 e. The first-order valence-electron chi connectivity index (χ1n) is 10.7. The summed E-state index contributed by atoms with van der Waals surface area (Å²) < 4.78 is 38.2. The molecule has 0 spiro atoms. The Morgan fingerprint density at radius 1 is 0.875 bits per heavy atom. The second kappa shape index (κ2) is 18.9. The van der Waals surface area contributed by atoms with Crippen molar-refractivity contribution in [1.82, 2.24) is 0 Å². The fourth-order valence-electron chi connectivity index (χ4n) is 2.71. The van der Waals surface area contributed by atoms with Gasteiger partial charge in [0.15, 0.2) is 0 Å². The number of benzene rings is 2. The molecule has 6 heteroatoms. The molecule has 1 aliphatic rings. The molecule has 0 bridgehead atoms. The van der Waals surface area contributed by atoms with Crippen LogP contribution < -0.4 is 29.6 Å². The van der Waals surface area contributed by atoms with E-state index in [1.807, 2.05) is 6.66 Å². The van der Waals surface area contributed by atoms with Gasteiger partial charge in [0, 0.05) is 0 Å². The topological polar surface area (TPSA) is 57.2 Å². The van der Waals surface area contributed by atoms with E-state index in [1.54, 1.807) is 26.0 Å². The van der Waals surface area contributed by atoms with Crippen LogP contribution in [0.4, 0.5) is 0 Å². The first-order chi connectivity index (χ1) is 14.4. The zero-order chi connectivity index (χ0) is 24.0. The molecular weight excluding hydrogens is 446 g/mol. The van der Waals surface area contributed by atoms with Gasteiger partial charge in [0.2, 0.25) is 0 Å². The van der Waals surface area contributed by atoms with Crippen LogP contribution >= 0.6 is 9.18 Å². The van der Waals surface area contributed by atoms with Gasteiger partial charge in [-0.3, -0.25) is 0 Å². The van der Waals surface area contributed by atoms with Crippen LogP contribution in [-0.4, -0.2) is 20.9 Å². The molecule has 0 aliphatic heterocycles. The average Bonchev–Trinajstić information content (AvgIpc) is 2.69. The van der Waals surface area contributed by atoms with E-state index in [-0.39, 0.29) is 41.9 Å². The van der Waals surface area contributed by atoms with E-state index in [4.69, 9.17) is 1.28 Å². The fourth-order valence-corrected chi connectivity index (χ4v) is 3.50. The molecule has 0 N–H and O–H groups in total. The summed E-state index contributed by atoms with van der Waals surface area (Å²) in [6.07, 6.45) is 7.43. The molecule has 0 heterocycles. The molecule has 2 aromatic carbocycles. The first kappa shape index (κ1) is 33.7. The number of hydrogen-bond donors (Lipinski definition) is 0. The largest absolute Gasteiger partial charge is 1.00 e. The molecule has 3 rings (SSSR count). The molecule has 0 saturated heterocycles. The van der Waals surface area contributed by atoms with E-state index in [9.17, 15) is 13.0 Å². The Morgan fingerprint density at radius 3 is 1.50 bits per heavy atom. The minimum atomic E-state index is -4.31. The van der Waals surface area contributed by atoms with Crippen molar-refractivity contribution < 1.29 is 42.5 Å². The summed E-state index contributed by atoms with van der Waals surface area (Å²) in [6, 6.07) is 13.3. The van der Waals surface area contributed by atoms with Gasteiger partial charge in [0.1, 0.15) is 10.1 Å². The van der Waals surface area contributed by atoms with Gasteiger partial charge in [0.05, 0.1) is 6.17 Å². The van der Waals surface area contributed by atoms with Crippen LogP contribution in [0.3, 0.4) is 0 Å². The van der Waals surface area contributed by atoms with Gasteiger partial charge in [-0.05, 0) is 69.6 Å². The number of hydrogen-bond acceptors (Lipinski definition) is 3. The molecule has 0 radical (unpaired) electrons. The van der Waals surface area contributed by atoms with Crippen LogP contribution in [0.5, 0.6) is 0 Å². The van der Waals surface area contributed by atoms with Crippen molar-refractivity contribution in [3.8, 4) is 0 Å². The van der Waals surface area contributed by atoms with Gasteiger partial charge < -0.3 is 4.55 Å². The van der Waals surface area contributed by atoms with E-state index in [0.29, 0.717) is 14.7 Å². The summed E-state index contributed by atoms with van der Waals surface area (Å²) in [6.45, 7) is 13.9. The summed E-state index contributed by atoms with van der Waals surface area (Å²) in [5.41, 5.74) is 3.93. The van der Waals surface area contributed by atoms with E-state index in [2.05, 4.69) is 64.1 Å². The molecule has 0 amide bonds. The van der Waals surface area contributed by atoms with Crippen molar-refractivity contribution in [3.05, 3.63) is 76.9 Å². The molecule has 2 aromatic rings. The zero-order valence-electron chi connectivity index (χ0n) is 21.4. The van der Waals surface area contributed by atoms with Crippen molar-refractivity contribution in [2.24, 2.45) is 11.8 Å². The summed E-state index contributed by atoms with van der Waals surface area (Å²) in [5.74, 6) is 1.68. The van der Waals surface area contributed by atoms with E-state index < -0.39 is 10.1 Å². The Morgan fingerprint density at radius 2 is 1.22 bits per heavy atom. The van der Waals surface area contributed by atoms with Crippen molar-refractivity contribution in [3.63, 3.8) is 0 Å². The predicted molar refractivity (Wildman–Crippen MR) is 139 cm³/mol. The summed E-state index contributed by atoms with van der Waals surface area (Å²) in [5, 5.41) is 0. The molecule has 3 atom stereocenters. The molecule has 0 aromatic heterocycles. The second-order valence-electron chi connectivity index (χ2n) is 7.79. The Balaban J connectivity index is -0.000000383. The Hall–Kier alpha value is -0.480. The first-order valence-corrected chi connectivity index (χ1v) is 12.6. The SMILES string of the molecule is C.CC1C=CC(C)CC1.Cc1ccc(C)c(S(=O)(=O)[O-])c1.Cc1ccc(C)cc1.[2H]PC.[Na+]. The average molecular weight is 490 g/mol. The Kier molecular flexibility index (Phi) is 19.9. The molecule has 1 aliphatic carbocycles. The molecule has 0 saturated carbocycles. The third-order valence-electron chi connectivity index (χ3n) is 4.68. The maximum absolute atomic E-state index is 10.7. The molecule has 176 valence electrons. The standard InChI is InChI=1S/C8H10O3S.C8H14.C8H10.CH5P.CH4.Na/c1-6-3-4-7(2)8(5-6)12(9,10)11;2*1-7-3-5-8(2)6-4-7;1-2;;/h3-5H,1-2H3,(H,9,10,11);3,5,7-8H,4,6H2,1-2H3;3-6H,1-2H3;2H2,1H3;1H4;/q;;;;;+1/p-1/i;;;2D;;. The normalized spacial score (nSPS) is 17.1. The maximum Gasteiger partial charge on any atom is 1.00 e. The number of allylic oxidation sites excluding steroid dienone is 2. The van der Waals surface area contributed by atoms with Crippen LogP contribution in [0.15, 0.2) is 59.5 Å². The Bertz CT molecular complexity index is 867. The van der Waals surface area contributed by atoms with Gasteiger partial charge in [-0.1, -0.05) is 87.6 Å². The third-order valence-corrected chi connectivity index (χ3v) is 5.66. The van der Waals surface area contributed by atoms with Crippen LogP contribution in [-0.2, 0) is 10.1 Å². The molecule has 0 fully saturated rings. The van der Waals surface area contributed by atoms with Gasteiger partial charge in [-0.25, -0.2) is 8.42 Å². The van der Waals surface area contributed by atoms with Crippen molar-refractivity contribution >= 4 is 19.3 Å². The van der Waals surface area contributed by atoms with Crippen molar-refractivity contribution in [2.45, 2.75) is 66.7 Å². The molecule has 3 unspecified atom stereocenters. The molecular formula is C26H42NaO3PS. The predicted octanol–water partition coefficient (Wildman–Crippen LogP) is 4.25. The second-order valence-corrected chi connectivity index (χ2v) is 9.14. The minimum absolute atomic E-state index is 0. The van der Waals surface area contributed by atoms with Crippen LogP contribution in [0.2, 0.25) is 0 Å². The number of rotatable bonds is 1. The van der Waals surface area contributed by atoms with Gasteiger partial charge in [-0.2, -0.15) is 0 Å². The van der Waals surface area contributed by atoms with Crippen molar-refractivity contribution in [1.29, 1.82) is 1.28 Å². The fraction of sp³-hybridized carbons (Fsp3) is 0.462. The summed E-state index contributed by atoms with van der Waals surface area (Å²) in [7, 11) is -3.97. The zero-order valence-corrected chi connectivity index (χ0v) is 24.2. The summed E-state index contributed by atoms with van der Waals surface area (Å²) in [4.78, 5) is -0.123. The quantitative estimate of drug-likeness (QED) is 0.260. The molecule has 32 heavy (non-hydrogen) atoms. The number of aryl methyl sites for hydroxylation is 4. The van der Waals surface area contributed by atoms with Crippen LogP contribution in [0.25, 0.3) is 0 Å². The van der Waals surface area contributed by atoms with E-state index in [1.165, 1.54) is 30.0 Å². The van der Waals surface area contributed by atoms with Crippen LogP contribution in [0, 0.1) is 39.5 Å². The van der Waals surface area contributed by atoms with Crippen molar-refractivity contribution in [2.75, 3.05) is 6.66 Å². The van der Waals surface area contributed by atoms with Crippen LogP contribution in [0.1, 0.15) is 56.4 Å². The summed E-state index contributed by atoms with van der Waals surface area (Å²) >= 11 is 0. The van der Waals surface area contributed by atoms with E-state index >= 15 is 0 Å². The Labute approximate surface area is 224 Å². The smallest absolute Gasteiger partial charge is 0.744 e. The molecule has 3 nitrogen and oxygen atoms in total. The van der Waals surface area contributed by atoms with Gasteiger partial charge in [0.25, 0.3) is 0 Å².